The average molecular weight is 298 g/mol. The molecule has 0 spiro atoms. The van der Waals surface area contributed by atoms with Crippen molar-refractivity contribution in [2.45, 2.75) is 12.6 Å². The molecule has 4 N–H and O–H groups in total. The van der Waals surface area contributed by atoms with Crippen LogP contribution in [-0.2, 0) is 15.8 Å². The van der Waals surface area contributed by atoms with E-state index in [4.69, 9.17) is 19.6 Å². The van der Waals surface area contributed by atoms with Gasteiger partial charge in [0.25, 0.3) is 5.56 Å². The Morgan fingerprint density at radius 3 is 2.63 bits per heavy atom. The molecule has 0 fully saturated rings. The van der Waals surface area contributed by atoms with Gasteiger partial charge in [-0.2, -0.15) is 4.39 Å². The van der Waals surface area contributed by atoms with E-state index in [1.807, 2.05) is 0 Å². The number of ether oxygens (including phenoxy) is 1. The van der Waals surface area contributed by atoms with Crippen LogP contribution in [0.15, 0.2) is 15.8 Å². The molecule has 0 radical (unpaired) electrons. The lowest BCUT2D eigenvalue weighted by Gasteiger charge is -2.16. The standard InChI is InChI=1S/C8H12FN2O7P/c9-6-2-11(8(14)10-7(6)13)1-5(3-12)18-4-19(15,16)17/h2,5,12H,1,3-4H2,(H,10,13,14)(H2,15,16,17). The lowest BCUT2D eigenvalue weighted by atomic mass is 10.3. The molecule has 108 valence electrons. The van der Waals surface area contributed by atoms with Crippen LogP contribution in [0.4, 0.5) is 4.39 Å². The second-order valence-electron chi connectivity index (χ2n) is 3.65. The fraction of sp³-hybridized carbons (Fsp3) is 0.500. The van der Waals surface area contributed by atoms with Crippen molar-refractivity contribution in [2.24, 2.45) is 0 Å². The third kappa shape index (κ3) is 5.05. The number of aromatic amines is 1. The van der Waals surface area contributed by atoms with Crippen molar-refractivity contribution in [3.8, 4) is 0 Å². The van der Waals surface area contributed by atoms with Crippen LogP contribution in [0.2, 0.25) is 0 Å². The lowest BCUT2D eigenvalue weighted by Crippen LogP contribution is -2.36. The highest BCUT2D eigenvalue weighted by Gasteiger charge is 2.18. The zero-order chi connectivity index (χ0) is 14.6. The molecule has 1 atom stereocenters. The number of rotatable bonds is 6. The minimum atomic E-state index is -4.42. The number of nitrogens with zero attached hydrogens (tertiary/aromatic N) is 1. The molecule has 0 aliphatic rings. The quantitative estimate of drug-likeness (QED) is 0.453. The predicted octanol–water partition coefficient (Wildman–Crippen LogP) is -1.81. The van der Waals surface area contributed by atoms with Gasteiger partial charge in [-0.05, 0) is 0 Å². The average Bonchev–Trinajstić information content (AvgIpc) is 2.29. The molecule has 0 aliphatic heterocycles. The van der Waals surface area contributed by atoms with E-state index in [2.05, 4.69) is 0 Å². The number of aliphatic hydroxyl groups is 1. The van der Waals surface area contributed by atoms with Gasteiger partial charge in [-0.1, -0.05) is 0 Å². The molecule has 1 heterocycles. The summed E-state index contributed by atoms with van der Waals surface area (Å²) in [6, 6.07) is 0. The second kappa shape index (κ2) is 6.22. The molecule has 0 saturated carbocycles. The van der Waals surface area contributed by atoms with E-state index >= 15 is 0 Å². The molecule has 0 aliphatic carbocycles. The number of aliphatic hydroxyl groups excluding tert-OH is 1. The fourth-order valence-electron chi connectivity index (χ4n) is 1.20. The van der Waals surface area contributed by atoms with Crippen molar-refractivity contribution >= 4 is 7.60 Å². The Labute approximate surface area is 105 Å². The maximum Gasteiger partial charge on any atom is 0.350 e. The SMILES string of the molecule is O=c1[nH]c(=O)n(CC(CO)OCP(=O)(O)O)cc1F. The number of H-pyrrole nitrogens is 1. The molecule has 0 aromatic carbocycles. The van der Waals surface area contributed by atoms with E-state index < -0.39 is 43.7 Å². The molecule has 0 amide bonds. The molecular weight excluding hydrogens is 286 g/mol. The summed E-state index contributed by atoms with van der Waals surface area (Å²) in [6.45, 7) is -1.02. The summed E-state index contributed by atoms with van der Waals surface area (Å²) in [4.78, 5) is 41.0. The molecule has 9 nitrogen and oxygen atoms in total. The Kier molecular flexibility index (Phi) is 5.15. The summed E-state index contributed by atoms with van der Waals surface area (Å²) < 4.78 is 29.0. The highest BCUT2D eigenvalue weighted by Crippen LogP contribution is 2.34. The third-order valence-corrected chi connectivity index (χ3v) is 2.54. The van der Waals surface area contributed by atoms with E-state index in [1.54, 1.807) is 4.98 Å². The van der Waals surface area contributed by atoms with Crippen LogP contribution in [0.25, 0.3) is 0 Å². The Balaban J connectivity index is 2.82. The minimum absolute atomic E-state index is 0.372. The van der Waals surface area contributed by atoms with Crippen molar-refractivity contribution in [1.29, 1.82) is 0 Å². The first-order chi connectivity index (χ1) is 8.73. The Hall–Kier alpha value is -1.32. The van der Waals surface area contributed by atoms with Gasteiger partial charge < -0.3 is 19.6 Å². The fourth-order valence-corrected chi connectivity index (χ4v) is 1.61. The number of halogens is 1. The lowest BCUT2D eigenvalue weighted by molar-refractivity contribution is 0.0186. The zero-order valence-corrected chi connectivity index (χ0v) is 10.4. The zero-order valence-electron chi connectivity index (χ0n) is 9.52. The van der Waals surface area contributed by atoms with Crippen LogP contribution in [0, 0.1) is 5.82 Å². The number of hydrogen-bond acceptors (Lipinski definition) is 5. The number of hydrogen-bond donors (Lipinski definition) is 4. The van der Waals surface area contributed by atoms with Crippen molar-refractivity contribution in [3.05, 3.63) is 32.9 Å². The van der Waals surface area contributed by atoms with Gasteiger partial charge in [-0.15, -0.1) is 0 Å². The summed E-state index contributed by atoms with van der Waals surface area (Å²) in [5.74, 6) is -1.20. The summed E-state index contributed by atoms with van der Waals surface area (Å²) in [7, 11) is -4.42. The summed E-state index contributed by atoms with van der Waals surface area (Å²) in [5, 5.41) is 8.94. The van der Waals surface area contributed by atoms with Gasteiger partial charge in [0.05, 0.1) is 25.5 Å². The molecule has 1 aromatic heterocycles. The second-order valence-corrected chi connectivity index (χ2v) is 5.24. The molecule has 0 bridgehead atoms. The van der Waals surface area contributed by atoms with Crippen molar-refractivity contribution in [1.82, 2.24) is 9.55 Å². The molecule has 1 rings (SSSR count). The van der Waals surface area contributed by atoms with Gasteiger partial charge in [-0.3, -0.25) is 18.9 Å². The van der Waals surface area contributed by atoms with Crippen molar-refractivity contribution < 1.29 is 28.6 Å². The summed E-state index contributed by atoms with van der Waals surface area (Å²) in [5.41, 5.74) is -2.11. The predicted molar refractivity (Wildman–Crippen MR) is 60.2 cm³/mol. The Morgan fingerprint density at radius 1 is 1.47 bits per heavy atom. The number of nitrogens with one attached hydrogen (secondary N) is 1. The maximum atomic E-state index is 13.0. The largest absolute Gasteiger partial charge is 0.394 e. The van der Waals surface area contributed by atoms with Crippen LogP contribution < -0.4 is 11.2 Å². The molecule has 19 heavy (non-hydrogen) atoms. The van der Waals surface area contributed by atoms with Crippen molar-refractivity contribution in [2.75, 3.05) is 13.0 Å². The first-order valence-electron chi connectivity index (χ1n) is 4.99. The number of aromatic nitrogens is 2. The van der Waals surface area contributed by atoms with Crippen molar-refractivity contribution in [3.63, 3.8) is 0 Å². The topological polar surface area (TPSA) is 142 Å². The van der Waals surface area contributed by atoms with Gasteiger partial charge in [-0.25, -0.2) is 4.79 Å². The van der Waals surface area contributed by atoms with Crippen LogP contribution >= 0.6 is 7.60 Å². The van der Waals surface area contributed by atoms with Gasteiger partial charge in [0.1, 0.15) is 6.35 Å². The molecule has 1 aromatic rings. The van der Waals surface area contributed by atoms with E-state index in [0.717, 1.165) is 4.57 Å². The molecule has 1 unspecified atom stereocenters. The maximum absolute atomic E-state index is 13.0. The molecular formula is C8H12FN2O7P. The smallest absolute Gasteiger partial charge is 0.350 e. The third-order valence-electron chi connectivity index (χ3n) is 2.05. The van der Waals surface area contributed by atoms with E-state index in [0.29, 0.717) is 6.20 Å². The highest BCUT2D eigenvalue weighted by atomic mass is 31.2. The van der Waals surface area contributed by atoms with E-state index in [1.165, 1.54) is 0 Å². The van der Waals surface area contributed by atoms with Gasteiger partial charge in [0.15, 0.2) is 0 Å². The van der Waals surface area contributed by atoms with Gasteiger partial charge in [0.2, 0.25) is 5.82 Å². The Bertz CT molecular complexity index is 591. The highest BCUT2D eigenvalue weighted by molar-refractivity contribution is 7.51. The van der Waals surface area contributed by atoms with Crippen LogP contribution in [-0.4, -0.2) is 43.5 Å². The summed E-state index contributed by atoms with van der Waals surface area (Å²) >= 11 is 0. The van der Waals surface area contributed by atoms with Gasteiger partial charge >= 0.3 is 13.3 Å². The Morgan fingerprint density at radius 2 is 2.11 bits per heavy atom. The van der Waals surface area contributed by atoms with Crippen LogP contribution in [0.5, 0.6) is 0 Å². The van der Waals surface area contributed by atoms with E-state index in [9.17, 15) is 18.5 Å². The first kappa shape index (κ1) is 15.7. The monoisotopic (exact) mass is 298 g/mol. The molecule has 11 heteroatoms. The first-order valence-corrected chi connectivity index (χ1v) is 6.79. The normalized spacial score (nSPS) is 13.5. The summed E-state index contributed by atoms with van der Waals surface area (Å²) in [6.07, 6.45) is -1.46. The molecule has 0 saturated heterocycles. The van der Waals surface area contributed by atoms with E-state index in [-0.39, 0.29) is 6.54 Å². The van der Waals surface area contributed by atoms with Crippen LogP contribution in [0.1, 0.15) is 0 Å². The van der Waals surface area contributed by atoms with Gasteiger partial charge in [0, 0.05) is 0 Å². The minimum Gasteiger partial charge on any atom is -0.394 e. The van der Waals surface area contributed by atoms with Crippen LogP contribution in [0.3, 0.4) is 0 Å².